The Balaban J connectivity index is 7.14. The molecule has 0 rings (SSSR count). The lowest BCUT2D eigenvalue weighted by atomic mass is 9.91. The number of aliphatic carboxylic acids is 2. The third-order valence-electron chi connectivity index (χ3n) is 3.98. The largest absolute Gasteiger partial charge is 0.480 e. The first-order valence-corrected chi connectivity index (χ1v) is 9.32. The maximum atomic E-state index is 13.9. The van der Waals surface area contributed by atoms with Gasteiger partial charge < -0.3 is 10.2 Å². The Morgan fingerprint density at radius 1 is 0.514 bits per heavy atom. The van der Waals surface area contributed by atoms with E-state index in [1.54, 1.807) is 0 Å². The summed E-state index contributed by atoms with van der Waals surface area (Å²) in [6, 6.07) is 0. The molecule has 0 heterocycles. The fourth-order valence-electron chi connectivity index (χ4n) is 2.00. The first-order valence-electron chi connectivity index (χ1n) is 7.88. The second kappa shape index (κ2) is 9.14. The van der Waals surface area contributed by atoms with E-state index in [4.69, 9.17) is 10.2 Å². The molecule has 0 atom stereocenters. The fourth-order valence-corrected chi connectivity index (χ4v) is 3.34. The molecule has 0 aliphatic heterocycles. The number of sulfonamides is 1. The van der Waals surface area contributed by atoms with Crippen molar-refractivity contribution < 1.29 is 103 Å². The Hall–Kier alpha value is -2.34. The van der Waals surface area contributed by atoms with Crippen LogP contribution in [0.5, 0.6) is 0 Å². The normalized spacial score (nSPS) is 15.7. The predicted molar refractivity (Wildman–Crippen MR) is 76.4 cm³/mol. The maximum absolute atomic E-state index is 13.9. The molecular formula is C12H6F17NO6S. The molecule has 220 valence electrons. The molecule has 0 amide bonds. The molecule has 0 aliphatic rings. The lowest BCUT2D eigenvalue weighted by Crippen LogP contribution is -2.75. The van der Waals surface area contributed by atoms with E-state index in [-0.39, 0.29) is 0 Å². The summed E-state index contributed by atoms with van der Waals surface area (Å²) in [6.45, 7) is -5.29. The van der Waals surface area contributed by atoms with E-state index in [2.05, 4.69) is 0 Å². The Morgan fingerprint density at radius 2 is 0.757 bits per heavy atom. The van der Waals surface area contributed by atoms with Gasteiger partial charge in [0.1, 0.15) is 13.1 Å². The standard InChI is InChI=1S/C12H6F17NO6S/c13-5(14,7(17,18)9(21,22)11(25,26)27)6(15,16)8(19,20)10(23,24)12(28,29)37(35,36)30(1-3(31)32)2-4(33)34/h1-2H2,(H,31,32)(H,33,34). The van der Waals surface area contributed by atoms with Gasteiger partial charge in [0.25, 0.3) is 10.0 Å². The molecule has 0 unspecified atom stereocenters. The lowest BCUT2D eigenvalue weighted by Gasteiger charge is -2.42. The zero-order valence-electron chi connectivity index (χ0n) is 16.2. The topological polar surface area (TPSA) is 112 Å². The van der Waals surface area contributed by atoms with E-state index in [1.165, 1.54) is 0 Å². The summed E-state index contributed by atoms with van der Waals surface area (Å²) in [6.07, 6.45) is -7.98. The third-order valence-corrected chi connectivity index (χ3v) is 5.82. The molecule has 0 spiro atoms. The molecule has 0 aromatic carbocycles. The second-order valence-electron chi connectivity index (χ2n) is 6.52. The van der Waals surface area contributed by atoms with E-state index in [1.807, 2.05) is 0 Å². The number of hydrogen-bond donors (Lipinski definition) is 2. The fraction of sp³-hybridized carbons (Fsp3) is 0.833. The zero-order chi connectivity index (χ0) is 30.6. The van der Waals surface area contributed by atoms with Crippen LogP contribution in [0.25, 0.3) is 0 Å². The molecule has 25 heteroatoms. The minimum atomic E-state index is -9.06. The SMILES string of the molecule is O=C(O)CN(CC(=O)O)S(=O)(=O)C(F)(F)C(F)(F)C(F)(F)C(F)(F)C(F)(F)C(F)(F)C(F)(F)C(F)(F)F. The first-order chi connectivity index (χ1) is 15.7. The van der Waals surface area contributed by atoms with Crippen molar-refractivity contribution in [3.8, 4) is 0 Å². The smallest absolute Gasteiger partial charge is 0.460 e. The lowest BCUT2D eigenvalue weighted by molar-refractivity contribution is -0.458. The highest BCUT2D eigenvalue weighted by Crippen LogP contribution is 2.64. The van der Waals surface area contributed by atoms with Crippen LogP contribution in [-0.4, -0.2) is 94.9 Å². The van der Waals surface area contributed by atoms with Gasteiger partial charge >= 0.3 is 58.9 Å². The molecule has 37 heavy (non-hydrogen) atoms. The highest BCUT2D eigenvalue weighted by Gasteiger charge is 2.96. The summed E-state index contributed by atoms with van der Waals surface area (Å²) in [5.41, 5.74) is 0. The molecule has 2 N–H and O–H groups in total. The van der Waals surface area contributed by atoms with Crippen LogP contribution in [0.1, 0.15) is 0 Å². The summed E-state index contributed by atoms with van der Waals surface area (Å²) in [5, 5.41) is 8.58. The first kappa shape index (κ1) is 34.7. The van der Waals surface area contributed by atoms with Gasteiger partial charge in [-0.2, -0.15) is 78.9 Å². The molecule has 0 saturated carbocycles. The van der Waals surface area contributed by atoms with Crippen LogP contribution >= 0.6 is 0 Å². The highest BCUT2D eigenvalue weighted by molar-refractivity contribution is 7.90. The van der Waals surface area contributed by atoms with Gasteiger partial charge in [-0.25, -0.2) is 8.42 Å². The van der Waals surface area contributed by atoms with Crippen LogP contribution < -0.4 is 0 Å². The molecular weight excluding hydrogens is 609 g/mol. The molecule has 0 fully saturated rings. The molecule has 0 saturated heterocycles. The average Bonchev–Trinajstić information content (AvgIpc) is 2.64. The second-order valence-corrected chi connectivity index (χ2v) is 8.50. The minimum Gasteiger partial charge on any atom is -0.480 e. The number of rotatable bonds is 12. The van der Waals surface area contributed by atoms with Crippen molar-refractivity contribution in [2.45, 2.75) is 47.0 Å². The summed E-state index contributed by atoms with van der Waals surface area (Å²) in [5.74, 6) is -58.4. The van der Waals surface area contributed by atoms with Gasteiger partial charge in [0.2, 0.25) is 0 Å². The van der Waals surface area contributed by atoms with Crippen molar-refractivity contribution in [3.63, 3.8) is 0 Å². The van der Waals surface area contributed by atoms with Crippen molar-refractivity contribution in [2.75, 3.05) is 13.1 Å². The number of halogens is 17. The molecule has 0 bridgehead atoms. The number of alkyl halides is 17. The van der Waals surface area contributed by atoms with Crippen molar-refractivity contribution in [3.05, 3.63) is 0 Å². The average molecular weight is 615 g/mol. The van der Waals surface area contributed by atoms with Gasteiger partial charge in [-0.3, -0.25) is 9.59 Å². The van der Waals surface area contributed by atoms with Crippen LogP contribution in [0.2, 0.25) is 0 Å². The quantitative estimate of drug-likeness (QED) is 0.324. The minimum absolute atomic E-state index is 1.83. The molecule has 7 nitrogen and oxygen atoms in total. The van der Waals surface area contributed by atoms with Crippen LogP contribution in [0, 0.1) is 0 Å². The molecule has 0 aromatic heterocycles. The Kier molecular flexibility index (Phi) is 8.57. The van der Waals surface area contributed by atoms with E-state index in [9.17, 15) is 92.6 Å². The van der Waals surface area contributed by atoms with Crippen LogP contribution in [-0.2, 0) is 19.6 Å². The van der Waals surface area contributed by atoms with Gasteiger partial charge in [0.15, 0.2) is 0 Å². The predicted octanol–water partition coefficient (Wildman–Crippen LogP) is 3.75. The van der Waals surface area contributed by atoms with Crippen molar-refractivity contribution in [2.24, 2.45) is 0 Å². The summed E-state index contributed by atoms with van der Waals surface area (Å²) in [4.78, 5) is 20.9. The van der Waals surface area contributed by atoms with Gasteiger partial charge in [0.05, 0.1) is 0 Å². The van der Waals surface area contributed by atoms with Gasteiger partial charge in [-0.15, -0.1) is 0 Å². The van der Waals surface area contributed by atoms with Crippen molar-refractivity contribution in [1.29, 1.82) is 0 Å². The van der Waals surface area contributed by atoms with Gasteiger partial charge in [-0.1, -0.05) is 0 Å². The third kappa shape index (κ3) is 4.82. The number of carbonyl (C=O) groups is 2. The number of nitrogens with zero attached hydrogens (tertiary/aromatic N) is 1. The number of carboxylic acid groups (broad SMARTS) is 2. The van der Waals surface area contributed by atoms with Crippen LogP contribution in [0.4, 0.5) is 74.6 Å². The van der Waals surface area contributed by atoms with Crippen LogP contribution in [0.15, 0.2) is 0 Å². The Morgan fingerprint density at radius 3 is 1.00 bits per heavy atom. The monoisotopic (exact) mass is 615 g/mol. The van der Waals surface area contributed by atoms with Crippen LogP contribution in [0.3, 0.4) is 0 Å². The van der Waals surface area contributed by atoms with E-state index in [0.29, 0.717) is 0 Å². The van der Waals surface area contributed by atoms with Crippen molar-refractivity contribution >= 4 is 22.0 Å². The number of hydrogen-bond acceptors (Lipinski definition) is 4. The molecule has 0 radical (unpaired) electrons. The number of carboxylic acids is 2. The van der Waals surface area contributed by atoms with Gasteiger partial charge in [-0.05, 0) is 0 Å². The molecule has 0 aromatic rings. The molecule has 0 aliphatic carbocycles. The van der Waals surface area contributed by atoms with E-state index >= 15 is 0 Å². The van der Waals surface area contributed by atoms with E-state index < -0.39 is 86.3 Å². The summed E-state index contributed by atoms with van der Waals surface area (Å²) in [7, 11) is -8.01. The Labute approximate surface area is 190 Å². The summed E-state index contributed by atoms with van der Waals surface area (Å²) < 4.78 is 245. The van der Waals surface area contributed by atoms with Gasteiger partial charge in [0, 0.05) is 0 Å². The van der Waals surface area contributed by atoms with Crippen molar-refractivity contribution in [1.82, 2.24) is 4.31 Å². The Bertz CT molecular complexity index is 989. The van der Waals surface area contributed by atoms with E-state index in [0.717, 1.165) is 0 Å². The zero-order valence-corrected chi connectivity index (χ0v) is 17.0. The summed E-state index contributed by atoms with van der Waals surface area (Å²) >= 11 is 0. The highest BCUT2D eigenvalue weighted by atomic mass is 32.2. The maximum Gasteiger partial charge on any atom is 0.460 e.